The lowest BCUT2D eigenvalue weighted by atomic mass is 9.86. The maximum atomic E-state index is 4.56. The quantitative estimate of drug-likeness (QED) is 0.866. The average molecular weight is 295 g/mol. The molecule has 2 unspecified atom stereocenters. The van der Waals surface area contributed by atoms with Crippen molar-refractivity contribution in [3.05, 3.63) is 47.7 Å². The van der Waals surface area contributed by atoms with E-state index in [0.29, 0.717) is 12.1 Å². The summed E-state index contributed by atoms with van der Waals surface area (Å²) in [6, 6.07) is 7.52. The van der Waals surface area contributed by atoms with Crippen LogP contribution in [0.2, 0.25) is 0 Å². The van der Waals surface area contributed by atoms with Crippen molar-refractivity contribution in [2.45, 2.75) is 38.9 Å². The summed E-state index contributed by atoms with van der Waals surface area (Å²) in [4.78, 5) is 18.2. The number of anilines is 1. The van der Waals surface area contributed by atoms with Gasteiger partial charge in [0, 0.05) is 49.8 Å². The Bertz CT molecular complexity index is 674. The molecule has 2 aromatic heterocycles. The van der Waals surface area contributed by atoms with Crippen molar-refractivity contribution in [3.63, 3.8) is 0 Å². The van der Waals surface area contributed by atoms with Crippen LogP contribution in [0.4, 0.5) is 5.82 Å². The fraction of sp³-hybridized carbons (Fsp3) is 0.471. The van der Waals surface area contributed by atoms with Crippen LogP contribution < -0.4 is 4.90 Å². The van der Waals surface area contributed by atoms with Gasteiger partial charge in [0.1, 0.15) is 11.6 Å². The summed E-state index contributed by atoms with van der Waals surface area (Å²) in [6.07, 6.45) is 5.03. The molecule has 5 rings (SSSR count). The Kier molecular flexibility index (Phi) is 3.30. The monoisotopic (exact) mass is 295 g/mol. The van der Waals surface area contributed by atoms with Crippen LogP contribution in [-0.4, -0.2) is 45.0 Å². The van der Waals surface area contributed by atoms with Crippen molar-refractivity contribution in [3.8, 4) is 0 Å². The minimum atomic E-state index is 0.633. The van der Waals surface area contributed by atoms with Crippen LogP contribution in [0.25, 0.3) is 0 Å². The Morgan fingerprint density at radius 1 is 1.09 bits per heavy atom. The molecule has 0 aliphatic carbocycles. The smallest absolute Gasteiger partial charge is 0.132 e. The van der Waals surface area contributed by atoms with Crippen molar-refractivity contribution in [2.24, 2.45) is 0 Å². The highest BCUT2D eigenvalue weighted by atomic mass is 15.4. The Morgan fingerprint density at radius 3 is 2.64 bits per heavy atom. The van der Waals surface area contributed by atoms with E-state index < -0.39 is 0 Å². The number of fused-ring (bicyclic) bond motifs is 2. The third kappa shape index (κ3) is 2.35. The first kappa shape index (κ1) is 13.6. The third-order valence-corrected chi connectivity index (χ3v) is 4.90. The van der Waals surface area contributed by atoms with E-state index in [1.807, 2.05) is 31.5 Å². The number of hydrogen-bond acceptors (Lipinski definition) is 5. The van der Waals surface area contributed by atoms with Gasteiger partial charge in [-0.1, -0.05) is 6.07 Å². The first-order valence-electron chi connectivity index (χ1n) is 7.91. The molecule has 0 aromatic carbocycles. The average Bonchev–Trinajstić information content (AvgIpc) is 2.54. The van der Waals surface area contributed by atoms with Gasteiger partial charge in [-0.25, -0.2) is 9.97 Å². The minimum absolute atomic E-state index is 0.633. The second-order valence-electron chi connectivity index (χ2n) is 6.33. The van der Waals surface area contributed by atoms with E-state index in [2.05, 4.69) is 37.7 Å². The summed E-state index contributed by atoms with van der Waals surface area (Å²) >= 11 is 0. The summed E-state index contributed by atoms with van der Waals surface area (Å²) in [5.74, 6) is 1.92. The Morgan fingerprint density at radius 2 is 1.91 bits per heavy atom. The summed E-state index contributed by atoms with van der Waals surface area (Å²) in [5.41, 5.74) is 2.50. The molecule has 5 heterocycles. The zero-order valence-corrected chi connectivity index (χ0v) is 13.1. The van der Waals surface area contributed by atoms with Gasteiger partial charge >= 0.3 is 0 Å². The van der Waals surface area contributed by atoms with Gasteiger partial charge in [-0.2, -0.15) is 0 Å². The molecule has 22 heavy (non-hydrogen) atoms. The lowest BCUT2D eigenvalue weighted by Crippen LogP contribution is -2.68. The zero-order chi connectivity index (χ0) is 15.1. The van der Waals surface area contributed by atoms with E-state index in [-0.39, 0.29) is 0 Å². The number of aromatic nitrogens is 3. The van der Waals surface area contributed by atoms with Crippen molar-refractivity contribution in [1.82, 2.24) is 19.9 Å². The van der Waals surface area contributed by atoms with Crippen LogP contribution in [0.3, 0.4) is 0 Å². The van der Waals surface area contributed by atoms with Crippen LogP contribution in [0, 0.1) is 13.8 Å². The Balaban J connectivity index is 1.46. The van der Waals surface area contributed by atoms with E-state index in [0.717, 1.165) is 37.0 Å². The predicted octanol–water partition coefficient (Wildman–Crippen LogP) is 1.95. The van der Waals surface area contributed by atoms with Gasteiger partial charge in [-0.15, -0.1) is 0 Å². The van der Waals surface area contributed by atoms with Crippen LogP contribution in [0.15, 0.2) is 30.6 Å². The molecular weight excluding hydrogens is 274 g/mol. The predicted molar refractivity (Wildman–Crippen MR) is 85.7 cm³/mol. The zero-order valence-electron chi connectivity index (χ0n) is 13.1. The molecule has 3 aliphatic rings. The standard InChI is InChI=1S/C17H21N5/c1-12-14(4-3-6-18-12)9-22-15-8-16(22)11-21(10-15)17-5-7-19-13(2)20-17/h3-7,15-16H,8-11H2,1-2H3. The molecule has 5 heteroatoms. The number of aryl methyl sites for hydroxylation is 2. The van der Waals surface area contributed by atoms with Gasteiger partial charge in [0.05, 0.1) is 0 Å². The van der Waals surface area contributed by atoms with Crippen molar-refractivity contribution in [2.75, 3.05) is 18.0 Å². The van der Waals surface area contributed by atoms with Gasteiger partial charge < -0.3 is 4.90 Å². The number of piperazine rings is 1. The maximum Gasteiger partial charge on any atom is 0.132 e. The Hall–Kier alpha value is -2.01. The maximum absolute atomic E-state index is 4.56. The molecule has 3 saturated heterocycles. The summed E-state index contributed by atoms with van der Waals surface area (Å²) < 4.78 is 0. The number of hydrogen-bond donors (Lipinski definition) is 0. The minimum Gasteiger partial charge on any atom is -0.353 e. The second-order valence-corrected chi connectivity index (χ2v) is 6.33. The highest BCUT2D eigenvalue weighted by Crippen LogP contribution is 2.35. The molecule has 0 N–H and O–H groups in total. The molecule has 114 valence electrons. The van der Waals surface area contributed by atoms with Gasteiger partial charge in [-0.3, -0.25) is 9.88 Å². The molecule has 0 saturated carbocycles. The van der Waals surface area contributed by atoms with Crippen LogP contribution in [0.1, 0.15) is 23.5 Å². The largest absolute Gasteiger partial charge is 0.353 e. The lowest BCUT2D eigenvalue weighted by molar-refractivity contribution is -0.00892. The normalized spacial score (nSPS) is 24.2. The second kappa shape index (κ2) is 5.32. The van der Waals surface area contributed by atoms with E-state index in [9.17, 15) is 0 Å². The molecule has 2 bridgehead atoms. The van der Waals surface area contributed by atoms with E-state index in [1.165, 1.54) is 12.0 Å². The lowest BCUT2D eigenvalue weighted by Gasteiger charge is -2.56. The SMILES string of the molecule is Cc1nccc(N2CC3CC(C2)N3Cc2cccnc2C)n1. The first-order chi connectivity index (χ1) is 10.7. The van der Waals surface area contributed by atoms with Crippen LogP contribution >= 0.6 is 0 Å². The molecular formula is C17H21N5. The fourth-order valence-corrected chi connectivity index (χ4v) is 3.63. The molecule has 3 fully saturated rings. The number of rotatable bonds is 3. The molecule has 0 amide bonds. The van der Waals surface area contributed by atoms with Crippen molar-refractivity contribution < 1.29 is 0 Å². The van der Waals surface area contributed by atoms with E-state index in [4.69, 9.17) is 0 Å². The van der Waals surface area contributed by atoms with Gasteiger partial charge in [0.25, 0.3) is 0 Å². The first-order valence-corrected chi connectivity index (χ1v) is 7.91. The summed E-state index contributed by atoms with van der Waals surface area (Å²) in [7, 11) is 0. The van der Waals surface area contributed by atoms with E-state index >= 15 is 0 Å². The summed E-state index contributed by atoms with van der Waals surface area (Å²) in [6.45, 7) is 7.19. The number of nitrogens with zero attached hydrogens (tertiary/aromatic N) is 5. The highest BCUT2D eigenvalue weighted by Gasteiger charge is 2.44. The van der Waals surface area contributed by atoms with Gasteiger partial charge in [0.15, 0.2) is 0 Å². The van der Waals surface area contributed by atoms with Crippen molar-refractivity contribution in [1.29, 1.82) is 0 Å². The molecule has 0 radical (unpaired) electrons. The highest BCUT2D eigenvalue weighted by molar-refractivity contribution is 5.40. The van der Waals surface area contributed by atoms with Gasteiger partial charge in [-0.05, 0) is 38.0 Å². The van der Waals surface area contributed by atoms with Crippen LogP contribution in [0.5, 0.6) is 0 Å². The van der Waals surface area contributed by atoms with E-state index in [1.54, 1.807) is 0 Å². The number of pyridine rings is 1. The molecule has 2 atom stereocenters. The topological polar surface area (TPSA) is 45.2 Å². The molecule has 3 aliphatic heterocycles. The summed E-state index contributed by atoms with van der Waals surface area (Å²) in [5, 5.41) is 0. The molecule has 5 nitrogen and oxygen atoms in total. The molecule has 2 aromatic rings. The molecule has 0 spiro atoms. The van der Waals surface area contributed by atoms with Gasteiger partial charge in [0.2, 0.25) is 0 Å². The number of piperidine rings is 1. The third-order valence-electron chi connectivity index (χ3n) is 4.90. The van der Waals surface area contributed by atoms with Crippen molar-refractivity contribution >= 4 is 5.82 Å². The fourth-order valence-electron chi connectivity index (χ4n) is 3.63. The Labute approximate surface area is 131 Å². The van der Waals surface area contributed by atoms with Crippen LogP contribution in [-0.2, 0) is 6.54 Å².